The first-order valence-corrected chi connectivity index (χ1v) is 12.3. The largest absolute Gasteiger partial charge is 0.350 e. The lowest BCUT2D eigenvalue weighted by Gasteiger charge is -2.44. The third-order valence-corrected chi connectivity index (χ3v) is 7.47. The SMILES string of the molecule is CC(Nc1nc(C(=O)N2CC(NC(=O)C3CC(C)(C)C3)C2)c2sccc2n1)c1cncc(F)c1. The maximum Gasteiger partial charge on any atom is 0.274 e. The number of thiophene rings is 1. The van der Waals surface area contributed by atoms with Crippen LogP contribution in [-0.4, -0.2) is 50.8 Å². The van der Waals surface area contributed by atoms with E-state index in [0.29, 0.717) is 35.8 Å². The summed E-state index contributed by atoms with van der Waals surface area (Å²) in [4.78, 5) is 40.3. The first kappa shape index (κ1) is 22.6. The van der Waals surface area contributed by atoms with E-state index < -0.39 is 5.82 Å². The molecule has 1 aliphatic carbocycles. The molecule has 10 heteroatoms. The van der Waals surface area contributed by atoms with E-state index in [-0.39, 0.29) is 35.2 Å². The number of carbonyl (C=O) groups is 2. The van der Waals surface area contributed by atoms with Crippen LogP contribution in [0.25, 0.3) is 10.2 Å². The molecule has 8 nitrogen and oxygen atoms in total. The van der Waals surface area contributed by atoms with E-state index in [0.717, 1.165) is 23.7 Å². The summed E-state index contributed by atoms with van der Waals surface area (Å²) in [5.74, 6) is -0.142. The van der Waals surface area contributed by atoms with E-state index in [4.69, 9.17) is 0 Å². The summed E-state index contributed by atoms with van der Waals surface area (Å²) in [5, 5.41) is 8.10. The molecule has 2 amide bonds. The lowest BCUT2D eigenvalue weighted by molar-refractivity contribution is -0.133. The van der Waals surface area contributed by atoms with Crippen LogP contribution < -0.4 is 10.6 Å². The maximum atomic E-state index is 13.6. The van der Waals surface area contributed by atoms with Crippen molar-refractivity contribution in [3.8, 4) is 0 Å². The van der Waals surface area contributed by atoms with Crippen molar-refractivity contribution in [1.82, 2.24) is 25.2 Å². The van der Waals surface area contributed by atoms with E-state index in [2.05, 4.69) is 39.4 Å². The van der Waals surface area contributed by atoms with Gasteiger partial charge >= 0.3 is 0 Å². The average Bonchev–Trinajstić information content (AvgIpc) is 3.21. The number of halogens is 1. The minimum atomic E-state index is -0.420. The van der Waals surface area contributed by atoms with Gasteiger partial charge in [-0.2, -0.15) is 0 Å². The number of nitrogens with one attached hydrogen (secondary N) is 2. The minimum absolute atomic E-state index is 0.0288. The Balaban J connectivity index is 1.26. The van der Waals surface area contributed by atoms with Gasteiger partial charge in [0.05, 0.1) is 28.5 Å². The van der Waals surface area contributed by atoms with Crippen LogP contribution >= 0.6 is 11.3 Å². The summed E-state index contributed by atoms with van der Waals surface area (Å²) in [6.45, 7) is 7.13. The van der Waals surface area contributed by atoms with Gasteiger partial charge in [-0.05, 0) is 48.3 Å². The van der Waals surface area contributed by atoms with Gasteiger partial charge in [0.25, 0.3) is 5.91 Å². The highest BCUT2D eigenvalue weighted by Gasteiger charge is 2.42. The molecule has 1 saturated carbocycles. The molecule has 1 atom stereocenters. The molecule has 2 aliphatic rings. The van der Waals surface area contributed by atoms with Gasteiger partial charge in [-0.1, -0.05) is 13.8 Å². The third-order valence-electron chi connectivity index (χ3n) is 6.56. The monoisotopic (exact) mass is 482 g/mol. The summed E-state index contributed by atoms with van der Waals surface area (Å²) in [5.41, 5.74) is 1.90. The highest BCUT2D eigenvalue weighted by molar-refractivity contribution is 7.17. The van der Waals surface area contributed by atoms with Crippen LogP contribution in [0.4, 0.5) is 10.3 Å². The molecule has 0 spiro atoms. The van der Waals surface area contributed by atoms with Crippen LogP contribution in [0.3, 0.4) is 0 Å². The Kier molecular flexibility index (Phi) is 5.71. The van der Waals surface area contributed by atoms with Crippen molar-refractivity contribution in [2.24, 2.45) is 11.3 Å². The Labute approximate surface area is 201 Å². The molecule has 1 unspecified atom stereocenters. The van der Waals surface area contributed by atoms with Gasteiger partial charge in [-0.3, -0.25) is 14.6 Å². The van der Waals surface area contributed by atoms with Gasteiger partial charge in [0.2, 0.25) is 11.9 Å². The molecule has 178 valence electrons. The molecular weight excluding hydrogens is 455 g/mol. The Morgan fingerprint density at radius 3 is 2.71 bits per heavy atom. The molecule has 4 heterocycles. The fraction of sp³-hybridized carbons (Fsp3) is 0.458. The van der Waals surface area contributed by atoms with Crippen molar-refractivity contribution in [2.45, 2.75) is 45.7 Å². The zero-order valence-electron chi connectivity index (χ0n) is 19.3. The van der Waals surface area contributed by atoms with Gasteiger partial charge in [-0.15, -0.1) is 11.3 Å². The molecule has 0 bridgehead atoms. The lowest BCUT2D eigenvalue weighted by atomic mass is 9.64. The fourth-order valence-electron chi connectivity index (χ4n) is 4.68. The Bertz CT molecular complexity index is 1250. The zero-order chi connectivity index (χ0) is 24.0. The normalized spacial score (nSPS) is 18.8. The minimum Gasteiger partial charge on any atom is -0.350 e. The van der Waals surface area contributed by atoms with Crippen LogP contribution in [0.2, 0.25) is 0 Å². The number of aromatic nitrogens is 3. The molecular formula is C24H27FN6O2S. The van der Waals surface area contributed by atoms with Crippen molar-refractivity contribution in [1.29, 1.82) is 0 Å². The number of hydrogen-bond donors (Lipinski definition) is 2. The van der Waals surface area contributed by atoms with E-state index in [9.17, 15) is 14.0 Å². The average molecular weight is 483 g/mol. The predicted molar refractivity (Wildman–Crippen MR) is 128 cm³/mol. The number of anilines is 1. The summed E-state index contributed by atoms with van der Waals surface area (Å²) >= 11 is 1.42. The van der Waals surface area contributed by atoms with E-state index in [1.165, 1.54) is 17.4 Å². The van der Waals surface area contributed by atoms with Crippen LogP contribution in [0.1, 0.15) is 55.7 Å². The topological polar surface area (TPSA) is 100 Å². The number of rotatable bonds is 6. The maximum absolute atomic E-state index is 13.6. The summed E-state index contributed by atoms with van der Waals surface area (Å²) in [7, 11) is 0. The van der Waals surface area contributed by atoms with Crippen molar-refractivity contribution in [3.63, 3.8) is 0 Å². The molecule has 34 heavy (non-hydrogen) atoms. The Morgan fingerprint density at radius 1 is 1.24 bits per heavy atom. The molecule has 0 radical (unpaired) electrons. The van der Waals surface area contributed by atoms with Crippen LogP contribution in [0.15, 0.2) is 29.9 Å². The molecule has 1 saturated heterocycles. The summed E-state index contributed by atoms with van der Waals surface area (Å²) in [6.07, 6.45) is 4.54. The number of carbonyl (C=O) groups excluding carboxylic acids is 2. The molecule has 0 aromatic carbocycles. The number of nitrogens with zero attached hydrogens (tertiary/aromatic N) is 4. The number of likely N-dealkylation sites (tertiary alicyclic amines) is 1. The van der Waals surface area contributed by atoms with Gasteiger partial charge in [0.15, 0.2) is 5.69 Å². The lowest BCUT2D eigenvalue weighted by Crippen LogP contribution is -2.62. The molecule has 2 N–H and O–H groups in total. The van der Waals surface area contributed by atoms with Crippen molar-refractivity contribution < 1.29 is 14.0 Å². The fourth-order valence-corrected chi connectivity index (χ4v) is 5.49. The number of hydrogen-bond acceptors (Lipinski definition) is 7. The highest BCUT2D eigenvalue weighted by atomic mass is 32.1. The predicted octanol–water partition coefficient (Wildman–Crippen LogP) is 3.78. The first-order chi connectivity index (χ1) is 16.2. The van der Waals surface area contributed by atoms with Gasteiger partial charge in [0, 0.05) is 25.2 Å². The number of fused-ring (bicyclic) bond motifs is 1. The number of amides is 2. The summed E-state index contributed by atoms with van der Waals surface area (Å²) < 4.78 is 14.3. The van der Waals surface area contributed by atoms with Crippen LogP contribution in [0, 0.1) is 17.2 Å². The van der Waals surface area contributed by atoms with Crippen molar-refractivity contribution in [3.05, 3.63) is 47.0 Å². The standard InChI is InChI=1S/C24H27FN6O2S/c1-13(14-6-16(25)10-26-9-14)27-23-29-18-4-5-34-20(18)19(30-23)22(33)31-11-17(12-31)28-21(32)15-7-24(2,3)8-15/h4-6,9-10,13,15,17H,7-8,11-12H2,1-3H3,(H,28,32)(H,27,29,30). The van der Waals surface area contributed by atoms with E-state index >= 15 is 0 Å². The van der Waals surface area contributed by atoms with E-state index in [1.54, 1.807) is 11.1 Å². The Morgan fingerprint density at radius 2 is 2.00 bits per heavy atom. The Hall–Kier alpha value is -3.14. The van der Waals surface area contributed by atoms with Gasteiger partial charge < -0.3 is 15.5 Å². The van der Waals surface area contributed by atoms with E-state index in [1.807, 2.05) is 18.4 Å². The van der Waals surface area contributed by atoms with Gasteiger partial charge in [-0.25, -0.2) is 14.4 Å². The highest BCUT2D eigenvalue weighted by Crippen LogP contribution is 2.44. The molecule has 3 aromatic heterocycles. The molecule has 2 fully saturated rings. The smallest absolute Gasteiger partial charge is 0.274 e. The molecule has 1 aliphatic heterocycles. The van der Waals surface area contributed by atoms with Crippen molar-refractivity contribution >= 4 is 39.3 Å². The second-order valence-corrected chi connectivity index (χ2v) is 10.9. The second kappa shape index (κ2) is 8.57. The zero-order valence-corrected chi connectivity index (χ0v) is 20.2. The quantitative estimate of drug-likeness (QED) is 0.555. The number of pyridine rings is 1. The molecule has 3 aromatic rings. The van der Waals surface area contributed by atoms with Gasteiger partial charge in [0.1, 0.15) is 5.82 Å². The van der Waals surface area contributed by atoms with Crippen molar-refractivity contribution in [2.75, 3.05) is 18.4 Å². The summed E-state index contributed by atoms with van der Waals surface area (Å²) in [6, 6.07) is 2.91. The molecule has 5 rings (SSSR count). The third kappa shape index (κ3) is 4.46. The van der Waals surface area contributed by atoms with Crippen LogP contribution in [-0.2, 0) is 4.79 Å². The second-order valence-electron chi connectivity index (χ2n) is 10.0. The first-order valence-electron chi connectivity index (χ1n) is 11.4. The van der Waals surface area contributed by atoms with Crippen LogP contribution in [0.5, 0.6) is 0 Å².